The second-order valence-corrected chi connectivity index (χ2v) is 3.88. The van der Waals surface area contributed by atoms with Crippen molar-refractivity contribution >= 4 is 5.91 Å². The van der Waals surface area contributed by atoms with Crippen molar-refractivity contribution in [1.82, 2.24) is 5.32 Å². The van der Waals surface area contributed by atoms with Crippen molar-refractivity contribution in [3.8, 4) is 0 Å². The lowest BCUT2D eigenvalue weighted by molar-refractivity contribution is -0.121. The number of ether oxygens (including phenoxy) is 2. The summed E-state index contributed by atoms with van der Waals surface area (Å²) in [6.07, 6.45) is 1.82. The summed E-state index contributed by atoms with van der Waals surface area (Å²) in [6.45, 7) is 8.28. The van der Waals surface area contributed by atoms with Crippen LogP contribution < -0.4 is 5.32 Å². The first kappa shape index (κ1) is 12.0. The standard InChI is InChI=1S/C11H19NO3/c1-8(2)15-11-5-4-6-14-7-10(11)12-9(3)13/h10-11H,1,4-7H2,2-3H3,(H,12,13)/t10-,11-/m1/s1. The smallest absolute Gasteiger partial charge is 0.217 e. The Bertz CT molecular complexity index is 216. The third-order valence-corrected chi connectivity index (χ3v) is 2.26. The average molecular weight is 213 g/mol. The van der Waals surface area contributed by atoms with Gasteiger partial charge in [-0.2, -0.15) is 0 Å². The fraction of sp³-hybridized carbons (Fsp3) is 0.727. The van der Waals surface area contributed by atoms with Gasteiger partial charge in [-0.3, -0.25) is 4.79 Å². The molecule has 0 bridgehead atoms. The predicted molar refractivity (Wildman–Crippen MR) is 57.3 cm³/mol. The highest BCUT2D eigenvalue weighted by molar-refractivity contribution is 5.73. The lowest BCUT2D eigenvalue weighted by Crippen LogP contribution is -2.45. The third kappa shape index (κ3) is 4.34. The third-order valence-electron chi connectivity index (χ3n) is 2.26. The number of hydrogen-bond acceptors (Lipinski definition) is 3. The van der Waals surface area contributed by atoms with Gasteiger partial charge in [0.15, 0.2) is 0 Å². The van der Waals surface area contributed by atoms with Crippen LogP contribution in [0.2, 0.25) is 0 Å². The molecule has 4 nitrogen and oxygen atoms in total. The average Bonchev–Trinajstić information content (AvgIpc) is 2.30. The molecule has 86 valence electrons. The fourth-order valence-electron chi connectivity index (χ4n) is 1.70. The molecule has 1 fully saturated rings. The van der Waals surface area contributed by atoms with E-state index in [1.807, 2.05) is 6.92 Å². The van der Waals surface area contributed by atoms with Crippen molar-refractivity contribution in [2.24, 2.45) is 0 Å². The summed E-state index contributed by atoms with van der Waals surface area (Å²) in [6, 6.07) is -0.0679. The highest BCUT2D eigenvalue weighted by Crippen LogP contribution is 2.15. The van der Waals surface area contributed by atoms with Crippen LogP contribution in [-0.4, -0.2) is 31.3 Å². The monoisotopic (exact) mass is 213 g/mol. The maximum absolute atomic E-state index is 11.0. The van der Waals surface area contributed by atoms with E-state index < -0.39 is 0 Å². The van der Waals surface area contributed by atoms with E-state index in [4.69, 9.17) is 9.47 Å². The van der Waals surface area contributed by atoms with Crippen LogP contribution in [0.5, 0.6) is 0 Å². The van der Waals surface area contributed by atoms with Crippen LogP contribution in [0.15, 0.2) is 12.3 Å². The maximum atomic E-state index is 11.0. The van der Waals surface area contributed by atoms with Crippen LogP contribution in [0.1, 0.15) is 26.7 Å². The van der Waals surface area contributed by atoms with Gasteiger partial charge in [-0.25, -0.2) is 0 Å². The zero-order chi connectivity index (χ0) is 11.3. The van der Waals surface area contributed by atoms with E-state index in [9.17, 15) is 4.79 Å². The lowest BCUT2D eigenvalue weighted by atomic mass is 10.1. The summed E-state index contributed by atoms with van der Waals surface area (Å²) >= 11 is 0. The van der Waals surface area contributed by atoms with E-state index in [0.717, 1.165) is 19.4 Å². The van der Waals surface area contributed by atoms with E-state index in [0.29, 0.717) is 12.4 Å². The summed E-state index contributed by atoms with van der Waals surface area (Å²) < 4.78 is 11.0. The van der Waals surface area contributed by atoms with Gasteiger partial charge in [-0.15, -0.1) is 0 Å². The Morgan fingerprint density at radius 3 is 2.87 bits per heavy atom. The highest BCUT2D eigenvalue weighted by atomic mass is 16.5. The molecule has 0 aromatic carbocycles. The van der Waals surface area contributed by atoms with Crippen LogP contribution in [0, 0.1) is 0 Å². The molecular formula is C11H19NO3. The molecule has 1 N–H and O–H groups in total. The summed E-state index contributed by atoms with van der Waals surface area (Å²) in [5.41, 5.74) is 0. The quantitative estimate of drug-likeness (QED) is 0.717. The number of amides is 1. The normalized spacial score (nSPS) is 26.5. The molecule has 1 heterocycles. The van der Waals surface area contributed by atoms with Crippen LogP contribution in [-0.2, 0) is 14.3 Å². The number of rotatable bonds is 3. The fourth-order valence-corrected chi connectivity index (χ4v) is 1.70. The minimum Gasteiger partial charge on any atom is -0.493 e. The largest absolute Gasteiger partial charge is 0.493 e. The molecule has 0 aliphatic carbocycles. The van der Waals surface area contributed by atoms with Gasteiger partial charge >= 0.3 is 0 Å². The van der Waals surface area contributed by atoms with Crippen LogP contribution in [0.25, 0.3) is 0 Å². The topological polar surface area (TPSA) is 47.6 Å². The second-order valence-electron chi connectivity index (χ2n) is 3.88. The van der Waals surface area contributed by atoms with Crippen LogP contribution in [0.4, 0.5) is 0 Å². The summed E-state index contributed by atoms with van der Waals surface area (Å²) in [4.78, 5) is 11.0. The van der Waals surface area contributed by atoms with E-state index >= 15 is 0 Å². The van der Waals surface area contributed by atoms with Gasteiger partial charge in [0.05, 0.1) is 18.4 Å². The predicted octanol–water partition coefficient (Wildman–Crippen LogP) is 1.22. The second kappa shape index (κ2) is 5.75. The molecule has 15 heavy (non-hydrogen) atoms. The van der Waals surface area contributed by atoms with Gasteiger partial charge in [0, 0.05) is 13.5 Å². The Morgan fingerprint density at radius 1 is 1.53 bits per heavy atom. The van der Waals surface area contributed by atoms with Crippen LogP contribution >= 0.6 is 0 Å². The molecule has 0 aromatic rings. The van der Waals surface area contributed by atoms with E-state index in [-0.39, 0.29) is 18.1 Å². The Balaban J connectivity index is 2.58. The molecule has 0 aromatic heterocycles. The summed E-state index contributed by atoms with van der Waals surface area (Å²) in [5, 5.41) is 2.85. The van der Waals surface area contributed by atoms with Gasteiger partial charge in [-0.1, -0.05) is 6.58 Å². The molecule has 1 amide bonds. The van der Waals surface area contributed by atoms with Crippen LogP contribution in [0.3, 0.4) is 0 Å². The molecule has 4 heteroatoms. The molecule has 1 aliphatic heterocycles. The molecular weight excluding hydrogens is 194 g/mol. The summed E-state index contributed by atoms with van der Waals surface area (Å²) in [7, 11) is 0. The van der Waals surface area contributed by atoms with E-state index in [1.54, 1.807) is 0 Å². The van der Waals surface area contributed by atoms with Crippen molar-refractivity contribution in [2.75, 3.05) is 13.2 Å². The number of carbonyl (C=O) groups excluding carboxylic acids is 1. The molecule has 1 aliphatic rings. The number of nitrogens with one attached hydrogen (secondary N) is 1. The Morgan fingerprint density at radius 2 is 2.27 bits per heavy atom. The van der Waals surface area contributed by atoms with Gasteiger partial charge in [0.25, 0.3) is 0 Å². The SMILES string of the molecule is C=C(C)O[C@@H]1CCCOC[C@H]1NC(C)=O. The first-order chi connectivity index (χ1) is 7.09. The van der Waals surface area contributed by atoms with Gasteiger partial charge in [0.2, 0.25) is 5.91 Å². The molecule has 2 atom stereocenters. The van der Waals surface area contributed by atoms with Gasteiger partial charge in [-0.05, 0) is 19.8 Å². The molecule has 0 unspecified atom stereocenters. The minimum atomic E-state index is -0.0679. The first-order valence-corrected chi connectivity index (χ1v) is 5.26. The van der Waals surface area contributed by atoms with Crippen molar-refractivity contribution in [1.29, 1.82) is 0 Å². The Labute approximate surface area is 90.6 Å². The first-order valence-electron chi connectivity index (χ1n) is 5.26. The number of hydrogen-bond donors (Lipinski definition) is 1. The van der Waals surface area contributed by atoms with E-state index in [1.165, 1.54) is 6.92 Å². The van der Waals surface area contributed by atoms with E-state index in [2.05, 4.69) is 11.9 Å². The van der Waals surface area contributed by atoms with Crippen molar-refractivity contribution in [2.45, 2.75) is 38.8 Å². The minimum absolute atomic E-state index is 0.0195. The molecule has 0 spiro atoms. The molecule has 1 rings (SSSR count). The molecule has 0 saturated carbocycles. The van der Waals surface area contributed by atoms with Crippen molar-refractivity contribution in [3.63, 3.8) is 0 Å². The summed E-state index contributed by atoms with van der Waals surface area (Å²) in [5.74, 6) is 0.623. The molecule has 1 saturated heterocycles. The Kier molecular flexibility index (Phi) is 4.62. The number of allylic oxidation sites excluding steroid dienone is 1. The zero-order valence-electron chi connectivity index (χ0n) is 9.41. The zero-order valence-corrected chi connectivity index (χ0v) is 9.41. The molecule has 0 radical (unpaired) electrons. The lowest BCUT2D eigenvalue weighted by Gasteiger charge is -2.25. The van der Waals surface area contributed by atoms with Gasteiger partial charge in [0.1, 0.15) is 6.10 Å². The maximum Gasteiger partial charge on any atom is 0.217 e. The van der Waals surface area contributed by atoms with Crippen molar-refractivity contribution < 1.29 is 14.3 Å². The Hall–Kier alpha value is -1.03. The van der Waals surface area contributed by atoms with Gasteiger partial charge < -0.3 is 14.8 Å². The van der Waals surface area contributed by atoms with Crippen molar-refractivity contribution in [3.05, 3.63) is 12.3 Å². The highest BCUT2D eigenvalue weighted by Gasteiger charge is 2.26. The number of carbonyl (C=O) groups is 1.